The van der Waals surface area contributed by atoms with Crippen molar-refractivity contribution < 1.29 is 0 Å². The van der Waals surface area contributed by atoms with Crippen LogP contribution >= 0.6 is 23.2 Å². The Hall–Kier alpha value is -0.660. The van der Waals surface area contributed by atoms with Gasteiger partial charge in [0.2, 0.25) is 0 Å². The van der Waals surface area contributed by atoms with E-state index in [1.54, 1.807) is 6.20 Å². The smallest absolute Gasteiger partial charge is 0.0659 e. The van der Waals surface area contributed by atoms with Crippen molar-refractivity contribution in [2.45, 2.75) is 6.92 Å². The summed E-state index contributed by atoms with van der Waals surface area (Å²) in [6.07, 6.45) is 1.77. The Morgan fingerprint density at radius 1 is 1.25 bits per heavy atom. The zero-order valence-electron chi connectivity index (χ0n) is 6.49. The van der Waals surface area contributed by atoms with Gasteiger partial charge in [0.05, 0.1) is 5.02 Å². The highest BCUT2D eigenvalue weighted by Gasteiger charge is 2.04. The molecule has 1 nitrogen and oxygen atoms in total. The summed E-state index contributed by atoms with van der Waals surface area (Å²) in [5.74, 6) is 0. The van der Waals surface area contributed by atoms with E-state index in [-0.39, 0.29) is 0 Å². The molecule has 0 amide bonds. The van der Waals surface area contributed by atoms with Crippen LogP contribution in [0.1, 0.15) is 5.56 Å². The van der Waals surface area contributed by atoms with Crippen LogP contribution in [-0.4, -0.2) is 4.98 Å². The molecule has 0 spiro atoms. The quantitative estimate of drug-likeness (QED) is 0.665. The lowest BCUT2D eigenvalue weighted by Crippen LogP contribution is -1.75. The fourth-order valence-corrected chi connectivity index (χ4v) is 1.81. The zero-order valence-corrected chi connectivity index (χ0v) is 8.00. The van der Waals surface area contributed by atoms with E-state index in [4.69, 9.17) is 23.2 Å². The van der Waals surface area contributed by atoms with Gasteiger partial charge in [0, 0.05) is 22.1 Å². The Bertz CT molecular complexity index is 431. The molecule has 62 valence electrons. The number of benzene rings is 1. The minimum atomic E-state index is 0.718. The molecule has 0 saturated carbocycles. The lowest BCUT2D eigenvalue weighted by atomic mass is 10.2. The van der Waals surface area contributed by atoms with Crippen molar-refractivity contribution in [1.82, 2.24) is 4.98 Å². The van der Waals surface area contributed by atoms with Crippen LogP contribution in [-0.2, 0) is 0 Å². The number of fused-ring (bicyclic) bond motifs is 1. The maximum atomic E-state index is 5.93. The van der Waals surface area contributed by atoms with Gasteiger partial charge in [-0.05, 0) is 24.6 Å². The summed E-state index contributed by atoms with van der Waals surface area (Å²) in [6.45, 7) is 2.00. The Morgan fingerprint density at radius 2 is 2.00 bits per heavy atom. The third kappa shape index (κ3) is 1.10. The predicted octanol–water partition coefficient (Wildman–Crippen LogP) is 3.78. The molecule has 1 aromatic heterocycles. The van der Waals surface area contributed by atoms with E-state index in [0.717, 1.165) is 26.5 Å². The summed E-state index contributed by atoms with van der Waals surface area (Å²) >= 11 is 11.8. The van der Waals surface area contributed by atoms with E-state index in [9.17, 15) is 0 Å². The second-order valence-corrected chi connectivity index (χ2v) is 3.63. The minimum absolute atomic E-state index is 0.718. The predicted molar refractivity (Wildman–Crippen MR) is 53.1 cm³/mol. The molecule has 0 fully saturated rings. The molecule has 0 radical (unpaired) electrons. The van der Waals surface area contributed by atoms with Gasteiger partial charge in [-0.2, -0.15) is 0 Å². The summed E-state index contributed by atoms with van der Waals surface area (Å²) in [5, 5.41) is 2.43. The number of aromatic nitrogens is 1. The number of H-pyrrole nitrogens is 1. The Labute approximate surface area is 80.3 Å². The molecule has 0 unspecified atom stereocenters. The molecule has 1 N–H and O–H groups in total. The van der Waals surface area contributed by atoms with Crippen molar-refractivity contribution >= 4 is 34.1 Å². The lowest BCUT2D eigenvalue weighted by Gasteiger charge is -1.97. The molecule has 0 atom stereocenters. The second kappa shape index (κ2) is 2.68. The lowest BCUT2D eigenvalue weighted by molar-refractivity contribution is 1.42. The average molecular weight is 200 g/mol. The summed E-state index contributed by atoms with van der Waals surface area (Å²) < 4.78 is 0. The van der Waals surface area contributed by atoms with Gasteiger partial charge in [-0.15, -0.1) is 0 Å². The standard InChI is InChI=1S/C9H7Cl2N/c1-5-2-6(10)3-7-8(11)4-12-9(5)7/h2-4,12H,1H3. The van der Waals surface area contributed by atoms with Crippen LogP contribution in [0.5, 0.6) is 0 Å². The maximum Gasteiger partial charge on any atom is 0.0659 e. The first-order valence-electron chi connectivity index (χ1n) is 3.61. The zero-order chi connectivity index (χ0) is 8.72. The van der Waals surface area contributed by atoms with Gasteiger partial charge in [-0.25, -0.2) is 0 Å². The topological polar surface area (TPSA) is 15.8 Å². The van der Waals surface area contributed by atoms with Crippen molar-refractivity contribution in [3.63, 3.8) is 0 Å². The van der Waals surface area contributed by atoms with Crippen LogP contribution < -0.4 is 0 Å². The van der Waals surface area contributed by atoms with Crippen LogP contribution in [0.15, 0.2) is 18.3 Å². The maximum absolute atomic E-state index is 5.93. The minimum Gasteiger partial charge on any atom is -0.360 e. The van der Waals surface area contributed by atoms with E-state index in [1.165, 1.54) is 0 Å². The molecule has 0 bridgehead atoms. The summed E-state index contributed by atoms with van der Waals surface area (Å²) in [4.78, 5) is 3.09. The molecular weight excluding hydrogens is 193 g/mol. The number of aryl methyl sites for hydroxylation is 1. The van der Waals surface area contributed by atoms with Crippen molar-refractivity contribution in [2.75, 3.05) is 0 Å². The van der Waals surface area contributed by atoms with Gasteiger partial charge in [-0.1, -0.05) is 23.2 Å². The molecule has 0 aliphatic rings. The molecule has 2 rings (SSSR count). The normalized spacial score (nSPS) is 10.9. The van der Waals surface area contributed by atoms with Gasteiger partial charge >= 0.3 is 0 Å². The van der Waals surface area contributed by atoms with Crippen molar-refractivity contribution in [1.29, 1.82) is 0 Å². The summed E-state index contributed by atoms with van der Waals surface area (Å²) in [6, 6.07) is 3.78. The van der Waals surface area contributed by atoms with E-state index >= 15 is 0 Å². The SMILES string of the molecule is Cc1cc(Cl)cc2c(Cl)c[nH]c12. The van der Waals surface area contributed by atoms with Crippen molar-refractivity contribution in [3.05, 3.63) is 33.9 Å². The first-order chi connectivity index (χ1) is 5.68. The number of hydrogen-bond donors (Lipinski definition) is 1. The molecule has 3 heteroatoms. The number of halogens is 2. The molecule has 12 heavy (non-hydrogen) atoms. The van der Waals surface area contributed by atoms with E-state index in [0.29, 0.717) is 0 Å². The Kier molecular flexibility index (Phi) is 1.78. The third-order valence-electron chi connectivity index (χ3n) is 1.90. The van der Waals surface area contributed by atoms with Crippen molar-refractivity contribution in [2.24, 2.45) is 0 Å². The molecule has 0 aliphatic carbocycles. The van der Waals surface area contributed by atoms with Gasteiger partial charge < -0.3 is 4.98 Å². The second-order valence-electron chi connectivity index (χ2n) is 2.78. The van der Waals surface area contributed by atoms with Gasteiger partial charge in [-0.3, -0.25) is 0 Å². The molecule has 2 aromatic rings. The van der Waals surface area contributed by atoms with E-state index in [1.807, 2.05) is 19.1 Å². The molecule has 0 aliphatic heterocycles. The third-order valence-corrected chi connectivity index (χ3v) is 2.43. The highest BCUT2D eigenvalue weighted by atomic mass is 35.5. The highest BCUT2D eigenvalue weighted by molar-refractivity contribution is 6.37. The highest BCUT2D eigenvalue weighted by Crippen LogP contribution is 2.28. The first kappa shape index (κ1) is 7.96. The van der Waals surface area contributed by atoms with E-state index < -0.39 is 0 Å². The summed E-state index contributed by atoms with van der Waals surface area (Å²) in [5.41, 5.74) is 2.17. The monoisotopic (exact) mass is 199 g/mol. The first-order valence-corrected chi connectivity index (χ1v) is 4.37. The van der Waals surface area contributed by atoms with Crippen LogP contribution in [0.3, 0.4) is 0 Å². The summed E-state index contributed by atoms with van der Waals surface area (Å²) in [7, 11) is 0. The van der Waals surface area contributed by atoms with Gasteiger partial charge in [0.1, 0.15) is 0 Å². The van der Waals surface area contributed by atoms with Crippen LogP contribution in [0, 0.1) is 6.92 Å². The fraction of sp³-hybridized carbons (Fsp3) is 0.111. The average Bonchev–Trinajstić information content (AvgIpc) is 2.33. The number of hydrogen-bond acceptors (Lipinski definition) is 0. The Balaban J connectivity index is 2.92. The molecule has 1 aromatic carbocycles. The van der Waals surface area contributed by atoms with Crippen LogP contribution in [0.2, 0.25) is 10.0 Å². The number of nitrogens with one attached hydrogen (secondary N) is 1. The largest absolute Gasteiger partial charge is 0.360 e. The van der Waals surface area contributed by atoms with Crippen LogP contribution in [0.25, 0.3) is 10.9 Å². The Morgan fingerprint density at radius 3 is 2.75 bits per heavy atom. The van der Waals surface area contributed by atoms with Crippen LogP contribution in [0.4, 0.5) is 0 Å². The molecular formula is C9H7Cl2N. The van der Waals surface area contributed by atoms with E-state index in [2.05, 4.69) is 4.98 Å². The van der Waals surface area contributed by atoms with Gasteiger partial charge in [0.25, 0.3) is 0 Å². The van der Waals surface area contributed by atoms with Crippen molar-refractivity contribution in [3.8, 4) is 0 Å². The van der Waals surface area contributed by atoms with Gasteiger partial charge in [0.15, 0.2) is 0 Å². The fourth-order valence-electron chi connectivity index (χ4n) is 1.34. The molecule has 0 saturated heterocycles. The number of aromatic amines is 1. The number of rotatable bonds is 0. The molecule has 1 heterocycles.